The average molecular weight is 156 g/mol. The summed E-state index contributed by atoms with van der Waals surface area (Å²) in [7, 11) is 4.22. The zero-order valence-corrected chi connectivity index (χ0v) is 7.77. The van der Waals surface area contributed by atoms with Crippen molar-refractivity contribution in [3.8, 4) is 0 Å². The number of hydrogen-bond acceptors (Lipinski definition) is 2. The fraction of sp³-hybridized carbons (Fsp3) is 1.00. The van der Waals surface area contributed by atoms with Crippen molar-refractivity contribution in [1.29, 1.82) is 0 Å². The maximum atomic E-state index is 3.16. The van der Waals surface area contributed by atoms with Gasteiger partial charge in [0.1, 0.15) is 0 Å². The van der Waals surface area contributed by atoms with Gasteiger partial charge in [0.25, 0.3) is 0 Å². The van der Waals surface area contributed by atoms with Crippen LogP contribution < -0.4 is 5.32 Å². The summed E-state index contributed by atoms with van der Waals surface area (Å²) in [5.41, 5.74) is 0. The first-order chi connectivity index (χ1) is 5.33. The van der Waals surface area contributed by atoms with Crippen LogP contribution in [0.2, 0.25) is 0 Å². The summed E-state index contributed by atoms with van der Waals surface area (Å²) in [4.78, 5) is 2.41. The molecule has 0 atom stereocenters. The fourth-order valence-electron chi connectivity index (χ4n) is 1.22. The van der Waals surface area contributed by atoms with Gasteiger partial charge in [0.15, 0.2) is 0 Å². The Balaban J connectivity index is 1.87. The van der Waals surface area contributed by atoms with E-state index in [2.05, 4.69) is 17.3 Å². The number of hydrogen-bond donors (Lipinski definition) is 1. The van der Waals surface area contributed by atoms with Crippen molar-refractivity contribution in [3.63, 3.8) is 0 Å². The standard InChI is InChI=1S/C9H20N2/c1-10-6-8-11(2)7-5-9-3-4-9/h9-10H,3-8H2,1-2H3. The Bertz CT molecular complexity index is 99.7. The molecule has 2 nitrogen and oxygen atoms in total. The lowest BCUT2D eigenvalue weighted by atomic mass is 10.3. The predicted molar refractivity (Wildman–Crippen MR) is 48.8 cm³/mol. The first kappa shape index (κ1) is 9.01. The highest BCUT2D eigenvalue weighted by Crippen LogP contribution is 2.32. The van der Waals surface area contributed by atoms with E-state index in [4.69, 9.17) is 0 Å². The Morgan fingerprint density at radius 2 is 2.09 bits per heavy atom. The summed E-state index contributed by atoms with van der Waals surface area (Å²) in [6, 6.07) is 0. The van der Waals surface area contributed by atoms with E-state index in [0.29, 0.717) is 0 Å². The summed E-state index contributed by atoms with van der Waals surface area (Å²) < 4.78 is 0. The van der Waals surface area contributed by atoms with Crippen molar-refractivity contribution in [2.75, 3.05) is 33.7 Å². The van der Waals surface area contributed by atoms with Gasteiger partial charge in [-0.3, -0.25) is 0 Å². The third kappa shape index (κ3) is 4.38. The second-order valence-electron chi connectivity index (χ2n) is 3.64. The van der Waals surface area contributed by atoms with Gasteiger partial charge in [0.2, 0.25) is 0 Å². The largest absolute Gasteiger partial charge is 0.318 e. The minimum Gasteiger partial charge on any atom is -0.318 e. The fourth-order valence-corrected chi connectivity index (χ4v) is 1.22. The van der Waals surface area contributed by atoms with Crippen molar-refractivity contribution in [2.45, 2.75) is 19.3 Å². The van der Waals surface area contributed by atoms with Gasteiger partial charge in [-0.25, -0.2) is 0 Å². The first-order valence-corrected chi connectivity index (χ1v) is 4.66. The van der Waals surface area contributed by atoms with E-state index in [9.17, 15) is 0 Å². The third-order valence-corrected chi connectivity index (χ3v) is 2.36. The van der Waals surface area contributed by atoms with Crippen LogP contribution in [0.1, 0.15) is 19.3 Å². The molecule has 0 heterocycles. The monoisotopic (exact) mass is 156 g/mol. The Morgan fingerprint density at radius 3 is 2.64 bits per heavy atom. The Labute approximate surface area is 70.0 Å². The van der Waals surface area contributed by atoms with E-state index in [-0.39, 0.29) is 0 Å². The van der Waals surface area contributed by atoms with Crippen molar-refractivity contribution < 1.29 is 0 Å². The van der Waals surface area contributed by atoms with Crippen LogP contribution in [-0.2, 0) is 0 Å². The van der Waals surface area contributed by atoms with Crippen LogP contribution in [0.25, 0.3) is 0 Å². The second-order valence-corrected chi connectivity index (χ2v) is 3.64. The second kappa shape index (κ2) is 4.73. The van der Waals surface area contributed by atoms with E-state index in [0.717, 1.165) is 12.5 Å². The molecule has 0 spiro atoms. The summed E-state index contributed by atoms with van der Waals surface area (Å²) >= 11 is 0. The number of nitrogens with zero attached hydrogens (tertiary/aromatic N) is 1. The Hall–Kier alpha value is -0.0800. The van der Waals surface area contributed by atoms with Crippen LogP contribution in [0.4, 0.5) is 0 Å². The summed E-state index contributed by atoms with van der Waals surface area (Å²) in [6.45, 7) is 3.58. The molecule has 1 saturated carbocycles. The zero-order chi connectivity index (χ0) is 8.10. The molecule has 0 aromatic carbocycles. The highest BCUT2D eigenvalue weighted by Gasteiger charge is 2.20. The Kier molecular flexibility index (Phi) is 3.87. The highest BCUT2D eigenvalue weighted by atomic mass is 15.1. The summed E-state index contributed by atoms with van der Waals surface area (Å²) in [6.07, 6.45) is 4.39. The molecule has 1 rings (SSSR count). The smallest absolute Gasteiger partial charge is 0.0104 e. The van der Waals surface area contributed by atoms with Crippen LogP contribution in [-0.4, -0.2) is 38.6 Å². The topological polar surface area (TPSA) is 15.3 Å². The minimum absolute atomic E-state index is 1.08. The molecule has 0 unspecified atom stereocenters. The molecule has 1 N–H and O–H groups in total. The lowest BCUT2D eigenvalue weighted by Crippen LogP contribution is -2.28. The molecule has 0 radical (unpaired) electrons. The normalized spacial score (nSPS) is 17.7. The van der Waals surface area contributed by atoms with E-state index in [1.807, 2.05) is 7.05 Å². The van der Waals surface area contributed by atoms with Crippen molar-refractivity contribution >= 4 is 0 Å². The molecule has 2 heteroatoms. The number of likely N-dealkylation sites (N-methyl/N-ethyl adjacent to an activating group) is 2. The molecule has 0 amide bonds. The molecule has 0 aliphatic heterocycles. The molecule has 1 aliphatic rings. The lowest BCUT2D eigenvalue weighted by molar-refractivity contribution is 0.323. The molecular formula is C9H20N2. The molecule has 11 heavy (non-hydrogen) atoms. The van der Waals surface area contributed by atoms with Crippen LogP contribution in [0, 0.1) is 5.92 Å². The Morgan fingerprint density at radius 1 is 1.36 bits per heavy atom. The van der Waals surface area contributed by atoms with Gasteiger partial charge in [-0.15, -0.1) is 0 Å². The van der Waals surface area contributed by atoms with E-state index in [1.54, 1.807) is 0 Å². The molecule has 0 saturated heterocycles. The van der Waals surface area contributed by atoms with Crippen LogP contribution in [0.3, 0.4) is 0 Å². The summed E-state index contributed by atoms with van der Waals surface area (Å²) in [5, 5.41) is 3.16. The first-order valence-electron chi connectivity index (χ1n) is 4.66. The summed E-state index contributed by atoms with van der Waals surface area (Å²) in [5.74, 6) is 1.08. The van der Waals surface area contributed by atoms with Gasteiger partial charge in [0, 0.05) is 13.1 Å². The molecule has 1 aliphatic carbocycles. The van der Waals surface area contributed by atoms with E-state index in [1.165, 1.54) is 32.4 Å². The average Bonchev–Trinajstić information content (AvgIpc) is 2.80. The minimum atomic E-state index is 1.08. The van der Waals surface area contributed by atoms with Crippen molar-refractivity contribution in [3.05, 3.63) is 0 Å². The maximum Gasteiger partial charge on any atom is 0.0104 e. The van der Waals surface area contributed by atoms with E-state index >= 15 is 0 Å². The van der Waals surface area contributed by atoms with Crippen molar-refractivity contribution in [1.82, 2.24) is 10.2 Å². The highest BCUT2D eigenvalue weighted by molar-refractivity contribution is 4.73. The quantitative estimate of drug-likeness (QED) is 0.615. The molecule has 0 aromatic rings. The molecule has 0 aromatic heterocycles. The van der Waals surface area contributed by atoms with Gasteiger partial charge in [-0.05, 0) is 33.0 Å². The molecule has 0 bridgehead atoms. The SMILES string of the molecule is CNCCN(C)CCC1CC1. The van der Waals surface area contributed by atoms with Gasteiger partial charge in [-0.1, -0.05) is 12.8 Å². The molecule has 66 valence electrons. The van der Waals surface area contributed by atoms with Gasteiger partial charge < -0.3 is 10.2 Å². The van der Waals surface area contributed by atoms with Crippen LogP contribution in [0.15, 0.2) is 0 Å². The number of nitrogens with one attached hydrogen (secondary N) is 1. The zero-order valence-electron chi connectivity index (χ0n) is 7.77. The van der Waals surface area contributed by atoms with Crippen LogP contribution in [0.5, 0.6) is 0 Å². The molecular weight excluding hydrogens is 136 g/mol. The molecule has 1 fully saturated rings. The lowest BCUT2D eigenvalue weighted by Gasteiger charge is -2.15. The van der Waals surface area contributed by atoms with Gasteiger partial charge in [-0.2, -0.15) is 0 Å². The van der Waals surface area contributed by atoms with E-state index < -0.39 is 0 Å². The third-order valence-electron chi connectivity index (χ3n) is 2.36. The van der Waals surface area contributed by atoms with Gasteiger partial charge >= 0.3 is 0 Å². The maximum absolute atomic E-state index is 3.16. The van der Waals surface area contributed by atoms with Crippen molar-refractivity contribution in [2.24, 2.45) is 5.92 Å². The number of rotatable bonds is 6. The predicted octanol–water partition coefficient (Wildman–Crippen LogP) is 0.938. The van der Waals surface area contributed by atoms with Gasteiger partial charge in [0.05, 0.1) is 0 Å². The van der Waals surface area contributed by atoms with Crippen LogP contribution >= 0.6 is 0 Å².